The van der Waals surface area contributed by atoms with Gasteiger partial charge in [0, 0.05) is 39.0 Å². The molecular formula is C15H24N4O3. The number of ether oxygens (including phenoxy) is 1. The first kappa shape index (κ1) is 15.4. The number of rotatable bonds is 4. The van der Waals surface area contributed by atoms with Crippen molar-refractivity contribution in [2.45, 2.75) is 51.8 Å². The predicted octanol–water partition coefficient (Wildman–Crippen LogP) is 1.01. The van der Waals surface area contributed by atoms with Crippen molar-refractivity contribution in [3.05, 3.63) is 11.7 Å². The smallest absolute Gasteiger partial charge is 0.323 e. The van der Waals surface area contributed by atoms with Crippen LogP contribution in [0.2, 0.25) is 0 Å². The van der Waals surface area contributed by atoms with Gasteiger partial charge < -0.3 is 9.26 Å². The van der Waals surface area contributed by atoms with Crippen LogP contribution in [0.1, 0.15) is 44.9 Å². The Labute approximate surface area is 130 Å². The van der Waals surface area contributed by atoms with Crippen molar-refractivity contribution in [2.24, 2.45) is 0 Å². The second kappa shape index (κ2) is 6.34. The number of aryl methyl sites for hydroxylation is 1. The molecule has 0 amide bonds. The van der Waals surface area contributed by atoms with Gasteiger partial charge in [0.2, 0.25) is 5.89 Å². The SMILES string of the molecule is CCc1noc(C(C)N2CCN(C3CC(C)OC3=O)CC2)n1. The topological polar surface area (TPSA) is 71.7 Å². The Morgan fingerprint density at radius 2 is 2.05 bits per heavy atom. The van der Waals surface area contributed by atoms with Gasteiger partial charge in [0.1, 0.15) is 12.1 Å². The van der Waals surface area contributed by atoms with Crippen molar-refractivity contribution in [3.8, 4) is 0 Å². The van der Waals surface area contributed by atoms with E-state index in [4.69, 9.17) is 9.26 Å². The van der Waals surface area contributed by atoms with Crippen molar-refractivity contribution in [3.63, 3.8) is 0 Å². The Morgan fingerprint density at radius 3 is 2.59 bits per heavy atom. The molecule has 0 N–H and O–H groups in total. The lowest BCUT2D eigenvalue weighted by molar-refractivity contribution is -0.145. The van der Waals surface area contributed by atoms with Crippen molar-refractivity contribution >= 4 is 5.97 Å². The summed E-state index contributed by atoms with van der Waals surface area (Å²) in [6, 6.07) is 0.0481. The molecule has 0 bridgehead atoms. The number of aromatic nitrogens is 2. The first-order chi connectivity index (χ1) is 10.6. The summed E-state index contributed by atoms with van der Waals surface area (Å²) in [5.74, 6) is 1.36. The van der Waals surface area contributed by atoms with Crippen LogP contribution in [0, 0.1) is 0 Å². The van der Waals surface area contributed by atoms with Crippen molar-refractivity contribution in [1.82, 2.24) is 19.9 Å². The average molecular weight is 308 g/mol. The van der Waals surface area contributed by atoms with Crippen LogP contribution in [0.15, 0.2) is 4.52 Å². The highest BCUT2D eigenvalue weighted by Crippen LogP contribution is 2.24. The van der Waals surface area contributed by atoms with Crippen molar-refractivity contribution in [1.29, 1.82) is 0 Å². The van der Waals surface area contributed by atoms with E-state index in [-0.39, 0.29) is 24.2 Å². The first-order valence-corrected chi connectivity index (χ1v) is 8.09. The molecule has 7 heteroatoms. The minimum absolute atomic E-state index is 0.0420. The summed E-state index contributed by atoms with van der Waals surface area (Å²) < 4.78 is 10.6. The molecule has 3 unspecified atom stereocenters. The van der Waals surface area contributed by atoms with Crippen LogP contribution < -0.4 is 0 Å². The van der Waals surface area contributed by atoms with E-state index >= 15 is 0 Å². The minimum Gasteiger partial charge on any atom is -0.461 e. The standard InChI is InChI=1S/C15H24N4O3/c1-4-13-16-14(22-17-13)11(3)18-5-7-19(8-6-18)12-9-10(2)21-15(12)20/h10-12H,4-9H2,1-3H3. The Morgan fingerprint density at radius 1 is 1.32 bits per heavy atom. The van der Waals surface area contributed by atoms with Gasteiger partial charge in [-0.1, -0.05) is 12.1 Å². The number of hydrogen-bond acceptors (Lipinski definition) is 7. The summed E-state index contributed by atoms with van der Waals surface area (Å²) in [5, 5.41) is 3.96. The van der Waals surface area contributed by atoms with Crippen LogP contribution in [0.25, 0.3) is 0 Å². The molecule has 0 aromatic carbocycles. The number of esters is 1. The molecule has 0 aliphatic carbocycles. The van der Waals surface area contributed by atoms with E-state index in [0.717, 1.165) is 44.8 Å². The molecule has 0 radical (unpaired) electrons. The van der Waals surface area contributed by atoms with Crippen LogP contribution >= 0.6 is 0 Å². The van der Waals surface area contributed by atoms with E-state index in [9.17, 15) is 4.79 Å². The van der Waals surface area contributed by atoms with E-state index < -0.39 is 0 Å². The second-order valence-corrected chi connectivity index (χ2v) is 6.15. The van der Waals surface area contributed by atoms with E-state index in [1.54, 1.807) is 0 Å². The van der Waals surface area contributed by atoms with Gasteiger partial charge in [-0.2, -0.15) is 4.98 Å². The maximum absolute atomic E-state index is 11.8. The average Bonchev–Trinajstić information content (AvgIpc) is 3.13. The maximum atomic E-state index is 11.8. The van der Waals surface area contributed by atoms with Crippen molar-refractivity contribution < 1.29 is 14.1 Å². The molecule has 0 spiro atoms. The Balaban J connectivity index is 1.56. The number of carbonyl (C=O) groups is 1. The number of carbonyl (C=O) groups excluding carboxylic acids is 1. The molecule has 2 saturated heterocycles. The van der Waals surface area contributed by atoms with Gasteiger partial charge in [-0.05, 0) is 13.8 Å². The molecule has 7 nitrogen and oxygen atoms in total. The molecular weight excluding hydrogens is 284 g/mol. The fraction of sp³-hybridized carbons (Fsp3) is 0.800. The predicted molar refractivity (Wildman–Crippen MR) is 79.2 cm³/mol. The highest BCUT2D eigenvalue weighted by atomic mass is 16.6. The molecule has 2 fully saturated rings. The van der Waals surface area contributed by atoms with Gasteiger partial charge in [-0.25, -0.2) is 0 Å². The summed E-state index contributed by atoms with van der Waals surface area (Å²) in [7, 11) is 0. The molecule has 3 rings (SSSR count). The van der Waals surface area contributed by atoms with Gasteiger partial charge in [0.25, 0.3) is 0 Å². The van der Waals surface area contributed by atoms with E-state index in [0.29, 0.717) is 5.89 Å². The van der Waals surface area contributed by atoms with E-state index in [1.807, 2.05) is 13.8 Å². The summed E-state index contributed by atoms with van der Waals surface area (Å²) in [6.45, 7) is 9.58. The fourth-order valence-corrected chi connectivity index (χ4v) is 3.21. The number of nitrogens with zero attached hydrogens (tertiary/aromatic N) is 4. The highest BCUT2D eigenvalue weighted by molar-refractivity contribution is 5.78. The molecule has 2 aliphatic rings. The molecule has 3 heterocycles. The van der Waals surface area contributed by atoms with Crippen LogP contribution in [-0.2, 0) is 16.0 Å². The van der Waals surface area contributed by atoms with Gasteiger partial charge in [-0.15, -0.1) is 0 Å². The molecule has 22 heavy (non-hydrogen) atoms. The fourth-order valence-electron chi connectivity index (χ4n) is 3.21. The van der Waals surface area contributed by atoms with E-state index in [1.165, 1.54) is 0 Å². The molecule has 3 atom stereocenters. The molecule has 2 aliphatic heterocycles. The summed E-state index contributed by atoms with van der Waals surface area (Å²) in [4.78, 5) is 20.8. The zero-order valence-corrected chi connectivity index (χ0v) is 13.5. The lowest BCUT2D eigenvalue weighted by Crippen LogP contribution is -2.52. The largest absolute Gasteiger partial charge is 0.461 e. The monoisotopic (exact) mass is 308 g/mol. The van der Waals surface area contributed by atoms with Crippen LogP contribution in [-0.4, -0.2) is 64.2 Å². The van der Waals surface area contributed by atoms with E-state index in [2.05, 4.69) is 26.9 Å². The normalized spacial score (nSPS) is 28.8. The van der Waals surface area contributed by atoms with Gasteiger partial charge in [0.05, 0.1) is 6.04 Å². The Kier molecular flexibility index (Phi) is 4.44. The third-order valence-electron chi connectivity index (χ3n) is 4.64. The van der Waals surface area contributed by atoms with Gasteiger partial charge >= 0.3 is 5.97 Å². The number of cyclic esters (lactones) is 1. The second-order valence-electron chi connectivity index (χ2n) is 6.15. The number of hydrogen-bond donors (Lipinski definition) is 0. The highest BCUT2D eigenvalue weighted by Gasteiger charge is 2.38. The zero-order chi connectivity index (χ0) is 15.7. The van der Waals surface area contributed by atoms with Crippen LogP contribution in [0.4, 0.5) is 0 Å². The summed E-state index contributed by atoms with van der Waals surface area (Å²) in [5.41, 5.74) is 0. The molecule has 1 aromatic rings. The summed E-state index contributed by atoms with van der Waals surface area (Å²) >= 11 is 0. The third-order valence-corrected chi connectivity index (χ3v) is 4.64. The van der Waals surface area contributed by atoms with Crippen LogP contribution in [0.5, 0.6) is 0 Å². The Hall–Kier alpha value is -1.47. The van der Waals surface area contributed by atoms with Gasteiger partial charge in [0.15, 0.2) is 5.82 Å². The Bertz CT molecular complexity index is 525. The van der Waals surface area contributed by atoms with Crippen molar-refractivity contribution in [2.75, 3.05) is 26.2 Å². The molecule has 1 aromatic heterocycles. The summed E-state index contributed by atoms with van der Waals surface area (Å²) in [6.07, 6.45) is 1.63. The maximum Gasteiger partial charge on any atom is 0.323 e. The lowest BCUT2D eigenvalue weighted by atomic mass is 10.1. The molecule has 0 saturated carbocycles. The third kappa shape index (κ3) is 3.01. The zero-order valence-electron chi connectivity index (χ0n) is 13.5. The van der Waals surface area contributed by atoms with Crippen LogP contribution in [0.3, 0.4) is 0 Å². The molecule has 122 valence electrons. The van der Waals surface area contributed by atoms with Gasteiger partial charge in [-0.3, -0.25) is 14.6 Å². The number of piperazine rings is 1. The quantitative estimate of drug-likeness (QED) is 0.769. The first-order valence-electron chi connectivity index (χ1n) is 8.09. The minimum atomic E-state index is -0.0708. The lowest BCUT2D eigenvalue weighted by Gasteiger charge is -2.38.